The number of aromatic nitrogens is 2. The lowest BCUT2D eigenvalue weighted by Crippen LogP contribution is -2.22. The van der Waals surface area contributed by atoms with E-state index in [9.17, 15) is 0 Å². The molecule has 4 rings (SSSR count). The number of likely N-dealkylation sites (tertiary alicyclic amines) is 1. The Morgan fingerprint density at radius 3 is 2.83 bits per heavy atom. The molecule has 0 amide bonds. The zero-order chi connectivity index (χ0) is 15.6. The fourth-order valence-corrected chi connectivity index (χ4v) is 3.92. The molecule has 3 heterocycles. The van der Waals surface area contributed by atoms with Crippen LogP contribution >= 0.6 is 11.3 Å². The minimum atomic E-state index is 0.234. The molecule has 1 atom stereocenters. The summed E-state index contributed by atoms with van der Waals surface area (Å²) in [6.45, 7) is 4.10. The molecular formula is C18H19N3OS. The largest absolute Gasteiger partial charge is 0.418 e. The van der Waals surface area contributed by atoms with Gasteiger partial charge in [0.1, 0.15) is 0 Å². The van der Waals surface area contributed by atoms with Crippen LogP contribution in [0.2, 0.25) is 0 Å². The van der Waals surface area contributed by atoms with Gasteiger partial charge in [0.05, 0.1) is 10.9 Å². The van der Waals surface area contributed by atoms with Crippen LogP contribution < -0.4 is 0 Å². The molecule has 3 aromatic rings. The minimum absolute atomic E-state index is 0.234. The van der Waals surface area contributed by atoms with Crippen molar-refractivity contribution < 1.29 is 4.42 Å². The summed E-state index contributed by atoms with van der Waals surface area (Å²) in [5.74, 6) is 1.39. The molecule has 1 aliphatic rings. The third kappa shape index (κ3) is 3.07. The topological polar surface area (TPSA) is 42.2 Å². The third-order valence-electron chi connectivity index (χ3n) is 4.27. The molecule has 0 saturated carbocycles. The predicted octanol–water partition coefficient (Wildman–Crippen LogP) is 4.44. The Labute approximate surface area is 139 Å². The number of benzene rings is 1. The van der Waals surface area contributed by atoms with Gasteiger partial charge in [-0.05, 0) is 44.0 Å². The Morgan fingerprint density at radius 2 is 2.04 bits per heavy atom. The van der Waals surface area contributed by atoms with Crippen molar-refractivity contribution in [2.75, 3.05) is 6.54 Å². The molecule has 0 aliphatic carbocycles. The average Bonchev–Trinajstić information content (AvgIpc) is 3.28. The van der Waals surface area contributed by atoms with Gasteiger partial charge in [0.25, 0.3) is 5.89 Å². The highest BCUT2D eigenvalue weighted by molar-refractivity contribution is 7.15. The smallest absolute Gasteiger partial charge is 0.257 e. The fraction of sp³-hybridized carbons (Fsp3) is 0.333. The molecule has 23 heavy (non-hydrogen) atoms. The molecule has 4 nitrogen and oxygen atoms in total. The molecule has 1 aliphatic heterocycles. The van der Waals surface area contributed by atoms with E-state index in [1.807, 2.05) is 6.07 Å². The Balaban J connectivity index is 1.54. The van der Waals surface area contributed by atoms with Crippen molar-refractivity contribution in [2.45, 2.75) is 32.4 Å². The van der Waals surface area contributed by atoms with E-state index in [2.05, 4.69) is 58.4 Å². The molecule has 0 unspecified atom stereocenters. The van der Waals surface area contributed by atoms with Crippen LogP contribution in [0.15, 0.2) is 46.9 Å². The lowest BCUT2D eigenvalue weighted by molar-refractivity contribution is 0.215. The number of hydrogen-bond donors (Lipinski definition) is 0. The molecule has 0 N–H and O–H groups in total. The second kappa shape index (κ2) is 6.26. The first-order chi connectivity index (χ1) is 11.3. The summed E-state index contributed by atoms with van der Waals surface area (Å²) in [6.07, 6.45) is 2.26. The summed E-state index contributed by atoms with van der Waals surface area (Å²) in [4.78, 5) is 4.74. The molecule has 1 saturated heterocycles. The maximum absolute atomic E-state index is 5.98. The molecule has 5 heteroatoms. The van der Waals surface area contributed by atoms with E-state index in [-0.39, 0.29) is 6.04 Å². The first kappa shape index (κ1) is 14.6. The number of nitrogens with zero attached hydrogens (tertiary/aromatic N) is 3. The number of aryl methyl sites for hydroxylation is 1. The highest BCUT2D eigenvalue weighted by atomic mass is 32.1. The highest BCUT2D eigenvalue weighted by Gasteiger charge is 2.30. The van der Waals surface area contributed by atoms with E-state index < -0.39 is 0 Å². The lowest BCUT2D eigenvalue weighted by atomic mass is 10.2. The Morgan fingerprint density at radius 1 is 1.17 bits per heavy atom. The van der Waals surface area contributed by atoms with Crippen molar-refractivity contribution in [1.29, 1.82) is 0 Å². The Bertz CT molecular complexity index is 780. The zero-order valence-corrected chi connectivity index (χ0v) is 13.9. The summed E-state index contributed by atoms with van der Waals surface area (Å²) in [6, 6.07) is 14.9. The number of rotatable bonds is 4. The van der Waals surface area contributed by atoms with Gasteiger partial charge in [0.2, 0.25) is 5.89 Å². The van der Waals surface area contributed by atoms with Crippen molar-refractivity contribution in [1.82, 2.24) is 15.1 Å². The van der Waals surface area contributed by atoms with E-state index in [1.54, 1.807) is 11.3 Å². The van der Waals surface area contributed by atoms with Gasteiger partial charge < -0.3 is 4.42 Å². The Hall–Kier alpha value is -1.98. The van der Waals surface area contributed by atoms with Crippen LogP contribution in [0, 0.1) is 6.92 Å². The zero-order valence-electron chi connectivity index (χ0n) is 13.1. The van der Waals surface area contributed by atoms with Crippen LogP contribution in [-0.4, -0.2) is 21.6 Å². The summed E-state index contributed by atoms with van der Waals surface area (Å²) < 4.78 is 5.98. The molecule has 0 radical (unpaired) electrons. The summed E-state index contributed by atoms with van der Waals surface area (Å²) >= 11 is 1.69. The van der Waals surface area contributed by atoms with E-state index in [1.165, 1.54) is 16.9 Å². The molecule has 118 valence electrons. The first-order valence-electron chi connectivity index (χ1n) is 7.98. The molecule has 2 aromatic heterocycles. The molecule has 0 bridgehead atoms. The predicted molar refractivity (Wildman–Crippen MR) is 91.2 cm³/mol. The average molecular weight is 325 g/mol. The molecule has 1 fully saturated rings. The van der Waals surface area contributed by atoms with E-state index in [0.29, 0.717) is 5.89 Å². The van der Waals surface area contributed by atoms with Gasteiger partial charge >= 0.3 is 0 Å². The van der Waals surface area contributed by atoms with Gasteiger partial charge in [-0.15, -0.1) is 21.5 Å². The highest BCUT2D eigenvalue weighted by Crippen LogP contribution is 2.34. The fourth-order valence-electron chi connectivity index (χ4n) is 3.13. The van der Waals surface area contributed by atoms with Crippen LogP contribution in [0.1, 0.15) is 35.2 Å². The second-order valence-electron chi connectivity index (χ2n) is 5.97. The van der Waals surface area contributed by atoms with Crippen molar-refractivity contribution in [3.8, 4) is 10.8 Å². The van der Waals surface area contributed by atoms with E-state index in [0.717, 1.165) is 30.3 Å². The van der Waals surface area contributed by atoms with Crippen molar-refractivity contribution in [2.24, 2.45) is 0 Å². The Kier molecular flexibility index (Phi) is 3.97. The monoisotopic (exact) mass is 325 g/mol. The van der Waals surface area contributed by atoms with E-state index >= 15 is 0 Å². The third-order valence-corrected chi connectivity index (χ3v) is 5.26. The van der Waals surface area contributed by atoms with Crippen LogP contribution in [0.25, 0.3) is 10.8 Å². The summed E-state index contributed by atoms with van der Waals surface area (Å²) in [7, 11) is 0. The van der Waals surface area contributed by atoms with Crippen molar-refractivity contribution in [3.63, 3.8) is 0 Å². The summed E-state index contributed by atoms with van der Waals surface area (Å²) in [5.41, 5.74) is 1.33. The van der Waals surface area contributed by atoms with Crippen LogP contribution in [0.4, 0.5) is 0 Å². The molecular weight excluding hydrogens is 306 g/mol. The summed E-state index contributed by atoms with van der Waals surface area (Å²) in [5, 5.41) is 8.58. The van der Waals surface area contributed by atoms with Gasteiger partial charge in [-0.3, -0.25) is 4.90 Å². The molecule has 1 aromatic carbocycles. The quantitative estimate of drug-likeness (QED) is 0.711. The van der Waals surface area contributed by atoms with Gasteiger partial charge in [0, 0.05) is 11.4 Å². The maximum Gasteiger partial charge on any atom is 0.257 e. The minimum Gasteiger partial charge on any atom is -0.418 e. The standard InChI is InChI=1S/C18H19N3OS/c1-13-9-10-16(23-13)18-20-19-17(22-18)15-8-5-11-21(15)12-14-6-3-2-4-7-14/h2-4,6-7,9-10,15H,5,8,11-12H2,1H3/t15-/m0/s1. The lowest BCUT2D eigenvalue weighted by Gasteiger charge is -2.21. The second-order valence-corrected chi connectivity index (χ2v) is 7.26. The molecule has 0 spiro atoms. The van der Waals surface area contributed by atoms with Crippen LogP contribution in [0.5, 0.6) is 0 Å². The SMILES string of the molecule is Cc1ccc(-c2nnc([C@@H]3CCCN3Cc3ccccc3)o2)s1. The van der Waals surface area contributed by atoms with Crippen LogP contribution in [-0.2, 0) is 6.54 Å². The van der Waals surface area contributed by atoms with Crippen molar-refractivity contribution in [3.05, 3.63) is 58.8 Å². The van der Waals surface area contributed by atoms with Gasteiger partial charge in [-0.25, -0.2) is 0 Å². The normalized spacial score (nSPS) is 18.6. The van der Waals surface area contributed by atoms with E-state index in [4.69, 9.17) is 4.42 Å². The number of hydrogen-bond acceptors (Lipinski definition) is 5. The van der Waals surface area contributed by atoms with Gasteiger partial charge in [0.15, 0.2) is 0 Å². The van der Waals surface area contributed by atoms with Gasteiger partial charge in [-0.2, -0.15) is 0 Å². The number of thiophene rings is 1. The van der Waals surface area contributed by atoms with Gasteiger partial charge in [-0.1, -0.05) is 30.3 Å². The van der Waals surface area contributed by atoms with Crippen molar-refractivity contribution >= 4 is 11.3 Å². The maximum atomic E-state index is 5.98. The first-order valence-corrected chi connectivity index (χ1v) is 8.79. The van der Waals surface area contributed by atoms with Crippen LogP contribution in [0.3, 0.4) is 0 Å².